The highest BCUT2D eigenvalue weighted by Gasteiger charge is 2.05. The normalized spacial score (nSPS) is 9.93. The van der Waals surface area contributed by atoms with Crippen molar-refractivity contribution in [3.05, 3.63) is 23.9 Å². The minimum atomic E-state index is -0.210. The molecule has 0 unspecified atom stereocenters. The summed E-state index contributed by atoms with van der Waals surface area (Å²) in [6.07, 6.45) is 0.782. The zero-order valence-corrected chi connectivity index (χ0v) is 8.69. The number of ether oxygens (including phenoxy) is 1. The summed E-state index contributed by atoms with van der Waals surface area (Å²) in [5.74, 6) is 0.137. The number of carbonyl (C=O) groups is 1. The Kier molecular flexibility index (Phi) is 4.56. The van der Waals surface area contributed by atoms with E-state index in [1.807, 2.05) is 0 Å². The number of aromatic nitrogens is 1. The van der Waals surface area contributed by atoms with E-state index in [2.05, 4.69) is 10.3 Å². The largest absolute Gasteiger partial charge is 0.385 e. The molecule has 0 aliphatic carbocycles. The van der Waals surface area contributed by atoms with Crippen LogP contribution in [0.3, 0.4) is 0 Å². The molecule has 0 bridgehead atoms. The van der Waals surface area contributed by atoms with Crippen LogP contribution >= 0.6 is 0 Å². The van der Waals surface area contributed by atoms with Crippen molar-refractivity contribution in [3.63, 3.8) is 0 Å². The summed E-state index contributed by atoms with van der Waals surface area (Å²) in [4.78, 5) is 15.4. The molecule has 0 radical (unpaired) electrons. The lowest BCUT2D eigenvalue weighted by atomic mass is 10.3. The monoisotopic (exact) mass is 209 g/mol. The first-order chi connectivity index (χ1) is 7.24. The van der Waals surface area contributed by atoms with Crippen LogP contribution in [0.5, 0.6) is 0 Å². The molecule has 0 atom stereocenters. The predicted molar refractivity (Wildman–Crippen MR) is 57.5 cm³/mol. The van der Waals surface area contributed by atoms with E-state index < -0.39 is 0 Å². The Morgan fingerprint density at radius 3 is 3.07 bits per heavy atom. The Balaban J connectivity index is 2.40. The van der Waals surface area contributed by atoms with Gasteiger partial charge in [0.1, 0.15) is 11.5 Å². The number of hydrogen-bond donors (Lipinski definition) is 2. The van der Waals surface area contributed by atoms with Crippen molar-refractivity contribution in [3.8, 4) is 0 Å². The van der Waals surface area contributed by atoms with Crippen LogP contribution in [0.4, 0.5) is 5.82 Å². The molecule has 15 heavy (non-hydrogen) atoms. The second kappa shape index (κ2) is 5.98. The third-order valence-corrected chi connectivity index (χ3v) is 1.81. The number of amides is 1. The van der Waals surface area contributed by atoms with Crippen LogP contribution in [-0.2, 0) is 4.74 Å². The van der Waals surface area contributed by atoms with Gasteiger partial charge in [-0.05, 0) is 18.6 Å². The Morgan fingerprint density at radius 1 is 1.60 bits per heavy atom. The van der Waals surface area contributed by atoms with Crippen molar-refractivity contribution < 1.29 is 9.53 Å². The quantitative estimate of drug-likeness (QED) is 0.689. The maximum atomic E-state index is 11.5. The molecule has 1 amide bonds. The van der Waals surface area contributed by atoms with Gasteiger partial charge in [-0.1, -0.05) is 6.07 Å². The molecule has 0 aliphatic rings. The third-order valence-electron chi connectivity index (χ3n) is 1.81. The first kappa shape index (κ1) is 11.5. The minimum absolute atomic E-state index is 0.210. The third kappa shape index (κ3) is 3.95. The van der Waals surface area contributed by atoms with Gasteiger partial charge >= 0.3 is 0 Å². The second-order valence-corrected chi connectivity index (χ2v) is 3.05. The number of rotatable bonds is 5. The van der Waals surface area contributed by atoms with Gasteiger partial charge in [0.15, 0.2) is 0 Å². The van der Waals surface area contributed by atoms with Gasteiger partial charge in [-0.25, -0.2) is 4.98 Å². The summed E-state index contributed by atoms with van der Waals surface area (Å²) in [5, 5.41) is 2.72. The Hall–Kier alpha value is -1.62. The van der Waals surface area contributed by atoms with Crippen LogP contribution in [0, 0.1) is 0 Å². The summed E-state index contributed by atoms with van der Waals surface area (Å²) < 4.78 is 4.86. The first-order valence-corrected chi connectivity index (χ1v) is 4.73. The number of nitrogens with two attached hydrogens (primary N) is 1. The van der Waals surface area contributed by atoms with Crippen LogP contribution in [0.25, 0.3) is 0 Å². The highest BCUT2D eigenvalue weighted by atomic mass is 16.5. The molecule has 0 fully saturated rings. The summed E-state index contributed by atoms with van der Waals surface area (Å²) in [5.41, 5.74) is 5.80. The molecule has 1 heterocycles. The molecule has 5 heteroatoms. The fourth-order valence-corrected chi connectivity index (χ4v) is 1.09. The summed E-state index contributed by atoms with van der Waals surface area (Å²) in [7, 11) is 1.63. The Bertz CT molecular complexity index is 328. The van der Waals surface area contributed by atoms with Crippen molar-refractivity contribution in [1.29, 1.82) is 0 Å². The van der Waals surface area contributed by atoms with Crippen LogP contribution in [0.15, 0.2) is 18.2 Å². The zero-order chi connectivity index (χ0) is 11.1. The lowest BCUT2D eigenvalue weighted by Gasteiger charge is -2.04. The number of carbonyl (C=O) groups excluding carboxylic acids is 1. The lowest BCUT2D eigenvalue weighted by molar-refractivity contribution is 0.0944. The van der Waals surface area contributed by atoms with Gasteiger partial charge in [-0.15, -0.1) is 0 Å². The fraction of sp³-hybridized carbons (Fsp3) is 0.400. The second-order valence-electron chi connectivity index (χ2n) is 3.05. The summed E-state index contributed by atoms with van der Waals surface area (Å²) >= 11 is 0. The van der Waals surface area contributed by atoms with Crippen LogP contribution < -0.4 is 11.1 Å². The molecule has 5 nitrogen and oxygen atoms in total. The fourth-order valence-electron chi connectivity index (χ4n) is 1.09. The van der Waals surface area contributed by atoms with E-state index in [1.165, 1.54) is 0 Å². The number of nitrogen functional groups attached to an aromatic ring is 1. The van der Waals surface area contributed by atoms with E-state index in [4.69, 9.17) is 10.5 Å². The number of nitrogens with zero attached hydrogens (tertiary/aromatic N) is 1. The van der Waals surface area contributed by atoms with Gasteiger partial charge in [-0.3, -0.25) is 4.79 Å². The van der Waals surface area contributed by atoms with E-state index in [1.54, 1.807) is 25.3 Å². The minimum Gasteiger partial charge on any atom is -0.385 e. The first-order valence-electron chi connectivity index (χ1n) is 4.73. The highest BCUT2D eigenvalue weighted by Crippen LogP contribution is 1.99. The smallest absolute Gasteiger partial charge is 0.269 e. The van der Waals surface area contributed by atoms with Crippen LogP contribution in [0.1, 0.15) is 16.9 Å². The van der Waals surface area contributed by atoms with E-state index in [0.717, 1.165) is 6.42 Å². The maximum absolute atomic E-state index is 11.5. The number of anilines is 1. The molecule has 82 valence electrons. The molecule has 1 aromatic rings. The van der Waals surface area contributed by atoms with Gasteiger partial charge in [0, 0.05) is 20.3 Å². The van der Waals surface area contributed by atoms with Gasteiger partial charge in [0.05, 0.1) is 0 Å². The van der Waals surface area contributed by atoms with E-state index in [0.29, 0.717) is 24.7 Å². The van der Waals surface area contributed by atoms with Crippen molar-refractivity contribution >= 4 is 11.7 Å². The maximum Gasteiger partial charge on any atom is 0.269 e. The number of nitrogens with one attached hydrogen (secondary N) is 1. The molecule has 1 aromatic heterocycles. The lowest BCUT2D eigenvalue weighted by Crippen LogP contribution is -2.26. The summed E-state index contributed by atoms with van der Waals surface area (Å²) in [6.45, 7) is 1.20. The molecule has 0 saturated heterocycles. The predicted octanol–water partition coefficient (Wildman–Crippen LogP) is 0.430. The van der Waals surface area contributed by atoms with Crippen LogP contribution in [-0.4, -0.2) is 31.2 Å². The van der Waals surface area contributed by atoms with Crippen molar-refractivity contribution in [2.24, 2.45) is 0 Å². The molecule has 0 saturated carbocycles. The van der Waals surface area contributed by atoms with Crippen molar-refractivity contribution in [1.82, 2.24) is 10.3 Å². The van der Waals surface area contributed by atoms with Gasteiger partial charge < -0.3 is 15.8 Å². The topological polar surface area (TPSA) is 77.2 Å². The van der Waals surface area contributed by atoms with Crippen LogP contribution in [0.2, 0.25) is 0 Å². The number of methoxy groups -OCH3 is 1. The van der Waals surface area contributed by atoms with Crippen molar-refractivity contribution in [2.45, 2.75) is 6.42 Å². The number of hydrogen-bond acceptors (Lipinski definition) is 4. The molecule has 0 aromatic carbocycles. The molecule has 0 aliphatic heterocycles. The zero-order valence-electron chi connectivity index (χ0n) is 8.69. The standard InChI is InChI=1S/C10H15N3O2/c1-15-7-3-6-12-10(14)8-4-2-5-9(11)13-8/h2,4-5H,3,6-7H2,1H3,(H2,11,13)(H,12,14). The van der Waals surface area contributed by atoms with E-state index in [-0.39, 0.29) is 5.91 Å². The van der Waals surface area contributed by atoms with E-state index in [9.17, 15) is 4.79 Å². The molecular weight excluding hydrogens is 194 g/mol. The summed E-state index contributed by atoms with van der Waals surface area (Å²) in [6, 6.07) is 4.97. The van der Waals surface area contributed by atoms with Crippen molar-refractivity contribution in [2.75, 3.05) is 26.0 Å². The average molecular weight is 209 g/mol. The van der Waals surface area contributed by atoms with Gasteiger partial charge in [-0.2, -0.15) is 0 Å². The highest BCUT2D eigenvalue weighted by molar-refractivity contribution is 5.92. The molecule has 0 spiro atoms. The molecular formula is C10H15N3O2. The average Bonchev–Trinajstić information content (AvgIpc) is 2.24. The Labute approximate surface area is 88.6 Å². The Morgan fingerprint density at radius 2 is 2.40 bits per heavy atom. The molecule has 1 rings (SSSR count). The van der Waals surface area contributed by atoms with Gasteiger partial charge in [0.2, 0.25) is 0 Å². The van der Waals surface area contributed by atoms with Gasteiger partial charge in [0.25, 0.3) is 5.91 Å². The van der Waals surface area contributed by atoms with E-state index >= 15 is 0 Å². The SMILES string of the molecule is COCCCNC(=O)c1cccc(N)n1. The number of pyridine rings is 1. The molecule has 3 N–H and O–H groups in total.